The number of carbonyl (C=O) groups is 1. The highest BCUT2D eigenvalue weighted by Crippen LogP contribution is 2.22. The average molecular weight is 354 g/mol. The van der Waals surface area contributed by atoms with Gasteiger partial charge in [-0.25, -0.2) is 0 Å². The van der Waals surface area contributed by atoms with E-state index in [2.05, 4.69) is 50.4 Å². The number of ether oxygens (including phenoxy) is 1. The Labute approximate surface area is 157 Å². The first kappa shape index (κ1) is 20.0. The maximum atomic E-state index is 12.0. The first-order valence-electron chi connectivity index (χ1n) is 9.69. The Kier molecular flexibility index (Phi) is 8.20. The predicted molar refractivity (Wildman–Crippen MR) is 108 cm³/mol. The third kappa shape index (κ3) is 6.55. The lowest BCUT2D eigenvalue weighted by Gasteiger charge is -2.15. The number of carbonyl (C=O) groups excluding carboxylic acids is 1. The SMILES string of the molecule is CCCCC(CC)CNC(=O)COc1ccc(-c2ccc(C)cc2)cc1. The Balaban J connectivity index is 1.78. The Morgan fingerprint density at radius 3 is 2.19 bits per heavy atom. The molecule has 0 aliphatic heterocycles. The first-order chi connectivity index (χ1) is 12.6. The summed E-state index contributed by atoms with van der Waals surface area (Å²) in [5, 5.41) is 2.99. The van der Waals surface area contributed by atoms with E-state index in [0.717, 1.165) is 18.5 Å². The van der Waals surface area contributed by atoms with Crippen LogP contribution < -0.4 is 10.1 Å². The fourth-order valence-electron chi connectivity index (χ4n) is 2.89. The van der Waals surface area contributed by atoms with Crippen LogP contribution in [0.1, 0.15) is 45.1 Å². The highest BCUT2D eigenvalue weighted by atomic mass is 16.5. The topological polar surface area (TPSA) is 38.3 Å². The molecule has 0 aromatic heterocycles. The molecule has 0 aliphatic carbocycles. The summed E-state index contributed by atoms with van der Waals surface area (Å²) in [6, 6.07) is 16.3. The second kappa shape index (κ2) is 10.6. The van der Waals surface area contributed by atoms with Crippen molar-refractivity contribution >= 4 is 5.91 Å². The molecule has 3 nitrogen and oxygen atoms in total. The number of benzene rings is 2. The highest BCUT2D eigenvalue weighted by molar-refractivity contribution is 5.77. The van der Waals surface area contributed by atoms with Crippen molar-refractivity contribution in [2.75, 3.05) is 13.2 Å². The third-order valence-corrected chi connectivity index (χ3v) is 4.74. The van der Waals surface area contributed by atoms with Crippen molar-refractivity contribution in [2.24, 2.45) is 5.92 Å². The van der Waals surface area contributed by atoms with Crippen LogP contribution in [0.2, 0.25) is 0 Å². The Hall–Kier alpha value is -2.29. The number of hydrogen-bond donors (Lipinski definition) is 1. The van der Waals surface area contributed by atoms with Gasteiger partial charge in [0.25, 0.3) is 5.91 Å². The van der Waals surface area contributed by atoms with Gasteiger partial charge in [0.1, 0.15) is 5.75 Å². The van der Waals surface area contributed by atoms with Crippen LogP contribution in [0.3, 0.4) is 0 Å². The number of unbranched alkanes of at least 4 members (excludes halogenated alkanes) is 1. The van der Waals surface area contributed by atoms with Gasteiger partial charge in [-0.15, -0.1) is 0 Å². The molecule has 0 aliphatic rings. The van der Waals surface area contributed by atoms with Gasteiger partial charge in [0.05, 0.1) is 0 Å². The molecule has 0 radical (unpaired) electrons. The van der Waals surface area contributed by atoms with Crippen LogP contribution in [0.4, 0.5) is 0 Å². The van der Waals surface area contributed by atoms with E-state index in [1.54, 1.807) is 0 Å². The summed E-state index contributed by atoms with van der Waals surface area (Å²) in [6.07, 6.45) is 4.70. The lowest BCUT2D eigenvalue weighted by molar-refractivity contribution is -0.123. The van der Waals surface area contributed by atoms with E-state index < -0.39 is 0 Å². The van der Waals surface area contributed by atoms with Crippen LogP contribution >= 0.6 is 0 Å². The zero-order valence-electron chi connectivity index (χ0n) is 16.3. The van der Waals surface area contributed by atoms with Gasteiger partial charge >= 0.3 is 0 Å². The van der Waals surface area contributed by atoms with E-state index >= 15 is 0 Å². The molecular weight excluding hydrogens is 322 g/mol. The second-order valence-electron chi connectivity index (χ2n) is 6.90. The molecule has 140 valence electrons. The van der Waals surface area contributed by atoms with Crippen molar-refractivity contribution in [1.82, 2.24) is 5.32 Å². The fourth-order valence-corrected chi connectivity index (χ4v) is 2.89. The highest BCUT2D eigenvalue weighted by Gasteiger charge is 2.09. The van der Waals surface area contributed by atoms with Crippen molar-refractivity contribution < 1.29 is 9.53 Å². The molecule has 0 heterocycles. The number of aryl methyl sites for hydroxylation is 1. The molecule has 26 heavy (non-hydrogen) atoms. The normalized spacial score (nSPS) is 11.8. The molecule has 1 N–H and O–H groups in total. The maximum Gasteiger partial charge on any atom is 0.257 e. The van der Waals surface area contributed by atoms with Crippen LogP contribution in [0.15, 0.2) is 48.5 Å². The average Bonchev–Trinajstić information content (AvgIpc) is 2.67. The zero-order valence-corrected chi connectivity index (χ0v) is 16.3. The van der Waals surface area contributed by atoms with Gasteiger partial charge in [-0.2, -0.15) is 0 Å². The third-order valence-electron chi connectivity index (χ3n) is 4.74. The summed E-state index contributed by atoms with van der Waals surface area (Å²) in [7, 11) is 0. The van der Waals surface area contributed by atoms with Crippen LogP contribution in [0.25, 0.3) is 11.1 Å². The van der Waals surface area contributed by atoms with Crippen LogP contribution in [0, 0.1) is 12.8 Å². The monoisotopic (exact) mass is 353 g/mol. The van der Waals surface area contributed by atoms with E-state index in [4.69, 9.17) is 4.74 Å². The Bertz CT molecular complexity index is 662. The van der Waals surface area contributed by atoms with Gasteiger partial charge in [-0.3, -0.25) is 4.79 Å². The van der Waals surface area contributed by atoms with Gasteiger partial charge < -0.3 is 10.1 Å². The van der Waals surface area contributed by atoms with Crippen LogP contribution in [0.5, 0.6) is 5.75 Å². The van der Waals surface area contributed by atoms with E-state index in [0.29, 0.717) is 11.7 Å². The van der Waals surface area contributed by atoms with Crippen LogP contribution in [-0.2, 0) is 4.79 Å². The van der Waals surface area contributed by atoms with Crippen LogP contribution in [-0.4, -0.2) is 19.1 Å². The predicted octanol–water partition coefficient (Wildman–Crippen LogP) is 5.37. The molecule has 1 amide bonds. The Morgan fingerprint density at radius 2 is 1.62 bits per heavy atom. The number of hydrogen-bond acceptors (Lipinski definition) is 2. The van der Waals surface area contributed by atoms with Crippen molar-refractivity contribution in [3.63, 3.8) is 0 Å². The molecule has 2 aromatic rings. The quantitative estimate of drug-likeness (QED) is 0.623. The molecule has 0 bridgehead atoms. The summed E-state index contributed by atoms with van der Waals surface area (Å²) in [6.45, 7) is 7.26. The fraction of sp³-hybridized carbons (Fsp3) is 0.435. The molecule has 1 unspecified atom stereocenters. The van der Waals surface area contributed by atoms with Gasteiger partial charge in [-0.05, 0) is 42.5 Å². The summed E-state index contributed by atoms with van der Waals surface area (Å²) < 4.78 is 5.61. The Morgan fingerprint density at radius 1 is 1.00 bits per heavy atom. The number of amides is 1. The molecule has 0 saturated carbocycles. The summed E-state index contributed by atoms with van der Waals surface area (Å²) >= 11 is 0. The number of nitrogens with one attached hydrogen (secondary N) is 1. The van der Waals surface area contributed by atoms with Gasteiger partial charge in [-0.1, -0.05) is 75.1 Å². The maximum absolute atomic E-state index is 12.0. The smallest absolute Gasteiger partial charge is 0.257 e. The van der Waals surface area contributed by atoms with Crippen molar-refractivity contribution in [3.8, 4) is 16.9 Å². The lowest BCUT2D eigenvalue weighted by Crippen LogP contribution is -2.33. The minimum atomic E-state index is -0.0532. The van der Waals surface area contributed by atoms with E-state index in [1.807, 2.05) is 24.3 Å². The molecule has 2 rings (SSSR count). The van der Waals surface area contributed by atoms with Crippen molar-refractivity contribution in [1.29, 1.82) is 0 Å². The molecule has 0 spiro atoms. The van der Waals surface area contributed by atoms with E-state index in [-0.39, 0.29) is 12.5 Å². The van der Waals surface area contributed by atoms with E-state index in [1.165, 1.54) is 30.4 Å². The van der Waals surface area contributed by atoms with E-state index in [9.17, 15) is 4.79 Å². The molecular formula is C23H31NO2. The lowest BCUT2D eigenvalue weighted by atomic mass is 9.99. The summed E-state index contributed by atoms with van der Waals surface area (Å²) in [5.74, 6) is 1.23. The molecule has 3 heteroatoms. The zero-order chi connectivity index (χ0) is 18.8. The van der Waals surface area contributed by atoms with Gasteiger partial charge in [0.2, 0.25) is 0 Å². The van der Waals surface area contributed by atoms with Crippen molar-refractivity contribution in [2.45, 2.75) is 46.5 Å². The molecule has 0 saturated heterocycles. The largest absolute Gasteiger partial charge is 0.484 e. The first-order valence-corrected chi connectivity index (χ1v) is 9.69. The summed E-state index contributed by atoms with van der Waals surface area (Å²) in [5.41, 5.74) is 3.57. The second-order valence-corrected chi connectivity index (χ2v) is 6.90. The minimum Gasteiger partial charge on any atom is -0.484 e. The minimum absolute atomic E-state index is 0.0532. The molecule has 2 aromatic carbocycles. The summed E-state index contributed by atoms with van der Waals surface area (Å²) in [4.78, 5) is 12.0. The van der Waals surface area contributed by atoms with Gasteiger partial charge in [0, 0.05) is 6.54 Å². The van der Waals surface area contributed by atoms with Gasteiger partial charge in [0.15, 0.2) is 6.61 Å². The molecule has 0 fully saturated rings. The van der Waals surface area contributed by atoms with Crippen molar-refractivity contribution in [3.05, 3.63) is 54.1 Å². The number of rotatable bonds is 10. The molecule has 1 atom stereocenters. The standard InChI is InChI=1S/C23H31NO2/c1-4-6-7-19(5-2)16-24-23(25)17-26-22-14-12-21(13-15-22)20-10-8-18(3)9-11-20/h8-15,19H,4-7,16-17H2,1-3H3,(H,24,25).